The number of ether oxygens (including phenoxy) is 1. The van der Waals surface area contributed by atoms with Crippen LogP contribution in [0.15, 0.2) is 35.2 Å². The van der Waals surface area contributed by atoms with Gasteiger partial charge in [-0.2, -0.15) is 0 Å². The number of nitrogens with one attached hydrogen (secondary N) is 1. The maximum atomic E-state index is 12.3. The van der Waals surface area contributed by atoms with Gasteiger partial charge in [0, 0.05) is 5.69 Å². The number of nitrogens with zero attached hydrogens (tertiary/aromatic N) is 2. The lowest BCUT2D eigenvalue weighted by molar-refractivity contribution is 0.102. The molecular weight excluding hydrogens is 324 g/mol. The van der Waals surface area contributed by atoms with Crippen molar-refractivity contribution in [2.24, 2.45) is 0 Å². The summed E-state index contributed by atoms with van der Waals surface area (Å²) in [5, 5.41) is 2.63. The van der Waals surface area contributed by atoms with Crippen molar-refractivity contribution in [3.63, 3.8) is 0 Å². The van der Waals surface area contributed by atoms with Crippen molar-refractivity contribution in [2.75, 3.05) is 17.7 Å². The van der Waals surface area contributed by atoms with E-state index in [0.29, 0.717) is 34.0 Å². The number of hydrogen-bond acceptors (Lipinski definition) is 5. The Morgan fingerprint density at radius 3 is 2.85 bits per heavy atom. The van der Waals surface area contributed by atoms with E-state index in [2.05, 4.69) is 31.2 Å². The average Bonchev–Trinajstić information content (AvgIpc) is 2.42. The second kappa shape index (κ2) is 6.33. The number of carbonyl (C=O) groups is 1. The minimum atomic E-state index is -0.386. The molecule has 20 heavy (non-hydrogen) atoms. The molecule has 0 spiro atoms. The first-order valence-electron chi connectivity index (χ1n) is 5.92. The Balaban J connectivity index is 2.26. The van der Waals surface area contributed by atoms with Crippen LogP contribution >= 0.6 is 15.9 Å². The molecule has 0 aliphatic heterocycles. The lowest BCUT2D eigenvalue weighted by Crippen LogP contribution is -2.16. The molecular formula is C13H13BrN4O2. The molecule has 2 aromatic rings. The molecule has 3 N–H and O–H groups in total. The Kier molecular flexibility index (Phi) is 4.52. The number of rotatable bonds is 4. The summed E-state index contributed by atoms with van der Waals surface area (Å²) in [7, 11) is 0. The summed E-state index contributed by atoms with van der Waals surface area (Å²) in [5.74, 6) is 0.391. The van der Waals surface area contributed by atoms with E-state index in [0.717, 1.165) is 0 Å². The van der Waals surface area contributed by atoms with Gasteiger partial charge in [-0.05, 0) is 35.0 Å². The number of nitrogen functional groups attached to an aromatic ring is 1. The van der Waals surface area contributed by atoms with E-state index in [1.165, 1.54) is 12.4 Å². The fraction of sp³-hybridized carbons (Fsp3) is 0.154. The van der Waals surface area contributed by atoms with E-state index >= 15 is 0 Å². The molecule has 0 unspecified atom stereocenters. The summed E-state index contributed by atoms with van der Waals surface area (Å²) in [4.78, 5) is 20.3. The largest absolute Gasteiger partial charge is 0.493 e. The maximum absolute atomic E-state index is 12.3. The Morgan fingerprint density at radius 1 is 1.40 bits per heavy atom. The Bertz CT molecular complexity index is 616. The molecule has 0 bridgehead atoms. The number of halogens is 1. The van der Waals surface area contributed by atoms with Crippen LogP contribution in [0.25, 0.3) is 0 Å². The first-order chi connectivity index (χ1) is 9.61. The highest BCUT2D eigenvalue weighted by atomic mass is 79.9. The van der Waals surface area contributed by atoms with Crippen LogP contribution in [0.5, 0.6) is 5.75 Å². The fourth-order valence-corrected chi connectivity index (χ4v) is 1.83. The fourth-order valence-electron chi connectivity index (χ4n) is 1.62. The van der Waals surface area contributed by atoms with Crippen LogP contribution in [-0.4, -0.2) is 22.5 Å². The molecule has 2 rings (SSSR count). The summed E-state index contributed by atoms with van der Waals surface area (Å²) >= 11 is 3.17. The van der Waals surface area contributed by atoms with Crippen LogP contribution in [-0.2, 0) is 0 Å². The zero-order valence-corrected chi connectivity index (χ0v) is 12.3. The van der Waals surface area contributed by atoms with Crippen molar-refractivity contribution in [3.05, 3.63) is 40.8 Å². The highest BCUT2D eigenvalue weighted by Gasteiger charge is 2.16. The Morgan fingerprint density at radius 2 is 2.20 bits per heavy atom. The van der Waals surface area contributed by atoms with Crippen LogP contribution in [0.1, 0.15) is 17.3 Å². The van der Waals surface area contributed by atoms with Crippen molar-refractivity contribution in [1.82, 2.24) is 9.97 Å². The molecule has 6 nitrogen and oxygen atoms in total. The molecule has 0 aliphatic carbocycles. The number of anilines is 2. The van der Waals surface area contributed by atoms with E-state index in [4.69, 9.17) is 10.5 Å². The van der Waals surface area contributed by atoms with Crippen molar-refractivity contribution in [2.45, 2.75) is 6.92 Å². The van der Waals surface area contributed by atoms with E-state index in [9.17, 15) is 4.79 Å². The third-order valence-electron chi connectivity index (χ3n) is 2.45. The minimum absolute atomic E-state index is 0.291. The monoisotopic (exact) mass is 336 g/mol. The van der Waals surface area contributed by atoms with Crippen LogP contribution in [0, 0.1) is 0 Å². The van der Waals surface area contributed by atoms with Gasteiger partial charge in [0.1, 0.15) is 15.9 Å². The van der Waals surface area contributed by atoms with Crippen LogP contribution in [0.2, 0.25) is 0 Å². The maximum Gasteiger partial charge on any atom is 0.262 e. The van der Waals surface area contributed by atoms with Gasteiger partial charge in [0.05, 0.1) is 19.0 Å². The summed E-state index contributed by atoms with van der Waals surface area (Å²) in [6.07, 6.45) is 2.94. The normalized spacial score (nSPS) is 10.1. The van der Waals surface area contributed by atoms with Gasteiger partial charge >= 0.3 is 0 Å². The molecule has 0 saturated heterocycles. The highest BCUT2D eigenvalue weighted by molar-refractivity contribution is 9.10. The summed E-state index contributed by atoms with van der Waals surface area (Å²) in [5.41, 5.74) is 6.48. The molecule has 1 amide bonds. The lowest BCUT2D eigenvalue weighted by atomic mass is 10.1. The summed E-state index contributed by atoms with van der Waals surface area (Å²) < 4.78 is 6.00. The number of carbonyl (C=O) groups excluding carboxylic acids is 1. The molecule has 0 aliphatic rings. The van der Waals surface area contributed by atoms with E-state index in [-0.39, 0.29) is 5.91 Å². The number of amides is 1. The van der Waals surface area contributed by atoms with Crippen molar-refractivity contribution in [1.29, 1.82) is 0 Å². The zero-order valence-electron chi connectivity index (χ0n) is 10.8. The van der Waals surface area contributed by atoms with E-state index in [1.54, 1.807) is 18.2 Å². The number of hydrogen-bond donors (Lipinski definition) is 2. The number of nitrogens with two attached hydrogens (primary N) is 1. The second-order valence-electron chi connectivity index (χ2n) is 3.83. The zero-order chi connectivity index (χ0) is 14.5. The molecule has 7 heteroatoms. The topological polar surface area (TPSA) is 90.1 Å². The van der Waals surface area contributed by atoms with E-state index < -0.39 is 0 Å². The van der Waals surface area contributed by atoms with Gasteiger partial charge in [0.15, 0.2) is 5.82 Å². The molecule has 104 valence electrons. The first-order valence-corrected chi connectivity index (χ1v) is 6.71. The van der Waals surface area contributed by atoms with Gasteiger partial charge in [0.2, 0.25) is 0 Å². The van der Waals surface area contributed by atoms with Gasteiger partial charge in [0.25, 0.3) is 5.91 Å². The number of benzene rings is 1. The van der Waals surface area contributed by atoms with Crippen LogP contribution in [0.3, 0.4) is 0 Å². The van der Waals surface area contributed by atoms with Gasteiger partial charge < -0.3 is 15.8 Å². The predicted molar refractivity (Wildman–Crippen MR) is 79.7 cm³/mol. The smallest absolute Gasteiger partial charge is 0.262 e. The van der Waals surface area contributed by atoms with Crippen LogP contribution < -0.4 is 15.8 Å². The molecule has 1 aromatic heterocycles. The third-order valence-corrected chi connectivity index (χ3v) is 2.86. The molecule has 0 atom stereocenters. The molecule has 0 fully saturated rings. The van der Waals surface area contributed by atoms with Crippen molar-refractivity contribution >= 4 is 33.3 Å². The SMILES string of the molecule is CCOc1cccc(N)c1C(=O)Nc1cnc(Br)cn1. The van der Waals surface area contributed by atoms with E-state index in [1.807, 2.05) is 6.92 Å². The molecule has 1 aromatic carbocycles. The van der Waals surface area contributed by atoms with Crippen molar-refractivity contribution in [3.8, 4) is 5.75 Å². The summed E-state index contributed by atoms with van der Waals surface area (Å²) in [6, 6.07) is 5.07. The standard InChI is InChI=1S/C13H13BrN4O2/c1-2-20-9-5-3-4-8(15)12(9)13(19)18-11-7-16-10(14)6-17-11/h3-7H,2,15H2,1H3,(H,17,18,19). The third kappa shape index (κ3) is 3.24. The molecule has 0 radical (unpaired) electrons. The molecule has 0 saturated carbocycles. The first kappa shape index (κ1) is 14.3. The van der Waals surface area contributed by atoms with Gasteiger partial charge in [-0.1, -0.05) is 6.07 Å². The average molecular weight is 337 g/mol. The highest BCUT2D eigenvalue weighted by Crippen LogP contribution is 2.25. The number of aromatic nitrogens is 2. The van der Waals surface area contributed by atoms with Crippen LogP contribution in [0.4, 0.5) is 11.5 Å². The van der Waals surface area contributed by atoms with Gasteiger partial charge in [-0.15, -0.1) is 0 Å². The quantitative estimate of drug-likeness (QED) is 0.837. The lowest BCUT2D eigenvalue weighted by Gasteiger charge is -2.12. The van der Waals surface area contributed by atoms with Crippen molar-refractivity contribution < 1.29 is 9.53 Å². The van der Waals surface area contributed by atoms with Gasteiger partial charge in [-0.25, -0.2) is 9.97 Å². The minimum Gasteiger partial charge on any atom is -0.493 e. The molecule has 1 heterocycles. The van der Waals surface area contributed by atoms with Gasteiger partial charge in [-0.3, -0.25) is 4.79 Å². The predicted octanol–water partition coefficient (Wildman–Crippen LogP) is 2.47. The second-order valence-corrected chi connectivity index (χ2v) is 4.64. The Labute approximate surface area is 124 Å². The Hall–Kier alpha value is -2.15. The summed E-state index contributed by atoms with van der Waals surface area (Å²) in [6.45, 7) is 2.28.